The summed E-state index contributed by atoms with van der Waals surface area (Å²) in [6, 6.07) is 15.9. The van der Waals surface area contributed by atoms with Gasteiger partial charge < -0.3 is 14.5 Å². The van der Waals surface area contributed by atoms with Crippen molar-refractivity contribution in [1.29, 1.82) is 0 Å². The molecule has 1 fully saturated rings. The highest BCUT2D eigenvalue weighted by Gasteiger charge is 2.22. The zero-order chi connectivity index (χ0) is 23.2. The number of ether oxygens (including phenoxy) is 1. The standard InChI is InChI=1S/C25H27Cl2N3O3/c1-17(19-6-3-2-4-7-19)30(14-18-9-10-21(26)22(27)12-18)15-24-29-23(16-33-24)25(31)28-13-20-8-5-11-32-20/h2-4,6-7,9-10,12,16-17,20H,5,8,11,13-15H2,1H3,(H,28,31). The van der Waals surface area contributed by atoms with Gasteiger partial charge in [-0.15, -0.1) is 0 Å². The lowest BCUT2D eigenvalue weighted by Crippen LogP contribution is -2.32. The van der Waals surface area contributed by atoms with Crippen molar-refractivity contribution in [2.45, 2.75) is 45.0 Å². The molecule has 1 aromatic heterocycles. The SMILES string of the molecule is CC(c1ccccc1)N(Cc1ccc(Cl)c(Cl)c1)Cc1nc(C(=O)NCC2CCCO2)co1. The molecule has 0 radical (unpaired) electrons. The van der Waals surface area contributed by atoms with E-state index in [1.165, 1.54) is 11.8 Å². The maximum Gasteiger partial charge on any atom is 0.273 e. The van der Waals surface area contributed by atoms with Gasteiger partial charge in [0.05, 0.1) is 22.7 Å². The van der Waals surface area contributed by atoms with E-state index in [0.717, 1.165) is 25.0 Å². The molecule has 2 aromatic carbocycles. The molecule has 0 aliphatic carbocycles. The summed E-state index contributed by atoms with van der Waals surface area (Å²) in [6.07, 6.45) is 3.48. The second-order valence-electron chi connectivity index (χ2n) is 8.21. The van der Waals surface area contributed by atoms with Gasteiger partial charge in [0.15, 0.2) is 5.69 Å². The summed E-state index contributed by atoms with van der Waals surface area (Å²) in [7, 11) is 0. The fourth-order valence-corrected chi connectivity index (χ4v) is 4.23. The third-order valence-electron chi connectivity index (χ3n) is 5.84. The Kier molecular flexibility index (Phi) is 8.04. The van der Waals surface area contributed by atoms with Crippen molar-refractivity contribution in [1.82, 2.24) is 15.2 Å². The molecule has 2 unspecified atom stereocenters. The van der Waals surface area contributed by atoms with Crippen LogP contribution in [-0.4, -0.2) is 35.0 Å². The summed E-state index contributed by atoms with van der Waals surface area (Å²) in [5, 5.41) is 3.92. The van der Waals surface area contributed by atoms with Crippen LogP contribution in [0.3, 0.4) is 0 Å². The smallest absolute Gasteiger partial charge is 0.273 e. The van der Waals surface area contributed by atoms with E-state index >= 15 is 0 Å². The fourth-order valence-electron chi connectivity index (χ4n) is 3.91. The topological polar surface area (TPSA) is 67.6 Å². The Balaban J connectivity index is 1.47. The molecule has 2 atom stereocenters. The molecule has 2 heterocycles. The van der Waals surface area contributed by atoms with Crippen LogP contribution in [0.5, 0.6) is 0 Å². The highest BCUT2D eigenvalue weighted by molar-refractivity contribution is 6.42. The molecule has 33 heavy (non-hydrogen) atoms. The first kappa shape index (κ1) is 23.8. The number of hydrogen-bond donors (Lipinski definition) is 1. The average molecular weight is 488 g/mol. The highest BCUT2D eigenvalue weighted by atomic mass is 35.5. The molecule has 174 valence electrons. The first-order chi connectivity index (χ1) is 16.0. The van der Waals surface area contributed by atoms with Crippen LogP contribution < -0.4 is 5.32 Å². The van der Waals surface area contributed by atoms with E-state index in [1.807, 2.05) is 30.3 Å². The normalized spacial score (nSPS) is 16.8. The van der Waals surface area contributed by atoms with Gasteiger partial charge in [0.1, 0.15) is 6.26 Å². The van der Waals surface area contributed by atoms with Crippen LogP contribution in [0.1, 0.15) is 53.3 Å². The van der Waals surface area contributed by atoms with E-state index in [9.17, 15) is 4.79 Å². The Morgan fingerprint density at radius 1 is 1.18 bits per heavy atom. The number of carbonyl (C=O) groups excluding carboxylic acids is 1. The van der Waals surface area contributed by atoms with Gasteiger partial charge in [0, 0.05) is 25.7 Å². The summed E-state index contributed by atoms with van der Waals surface area (Å²) < 4.78 is 11.2. The summed E-state index contributed by atoms with van der Waals surface area (Å²) in [5.74, 6) is 0.216. The van der Waals surface area contributed by atoms with Gasteiger partial charge in [-0.1, -0.05) is 59.6 Å². The van der Waals surface area contributed by atoms with Crippen LogP contribution >= 0.6 is 23.2 Å². The molecular formula is C25H27Cl2N3O3. The minimum Gasteiger partial charge on any atom is -0.447 e. The number of halogens is 2. The van der Waals surface area contributed by atoms with Crippen LogP contribution in [0.15, 0.2) is 59.2 Å². The van der Waals surface area contributed by atoms with Crippen molar-refractivity contribution in [3.8, 4) is 0 Å². The zero-order valence-electron chi connectivity index (χ0n) is 18.5. The third kappa shape index (κ3) is 6.36. The van der Waals surface area contributed by atoms with Crippen LogP contribution in [0, 0.1) is 0 Å². The fraction of sp³-hybridized carbons (Fsp3) is 0.360. The van der Waals surface area contributed by atoms with E-state index in [0.29, 0.717) is 35.6 Å². The first-order valence-corrected chi connectivity index (χ1v) is 11.8. The number of aromatic nitrogens is 1. The average Bonchev–Trinajstić information content (AvgIpc) is 3.52. The minimum absolute atomic E-state index is 0.0735. The van der Waals surface area contributed by atoms with Crippen molar-refractivity contribution < 1.29 is 13.9 Å². The monoisotopic (exact) mass is 487 g/mol. The van der Waals surface area contributed by atoms with Gasteiger partial charge in [-0.3, -0.25) is 9.69 Å². The molecule has 1 amide bonds. The van der Waals surface area contributed by atoms with Gasteiger partial charge in [-0.05, 0) is 43.0 Å². The van der Waals surface area contributed by atoms with E-state index < -0.39 is 0 Å². The van der Waals surface area contributed by atoms with Crippen LogP contribution in [0.4, 0.5) is 0 Å². The number of carbonyl (C=O) groups is 1. The quantitative estimate of drug-likeness (QED) is 0.422. The first-order valence-electron chi connectivity index (χ1n) is 11.1. The molecule has 6 nitrogen and oxygen atoms in total. The number of nitrogens with zero attached hydrogens (tertiary/aromatic N) is 2. The number of hydrogen-bond acceptors (Lipinski definition) is 5. The Labute approximate surface area is 203 Å². The summed E-state index contributed by atoms with van der Waals surface area (Å²) in [6.45, 7) is 4.40. The molecule has 0 bridgehead atoms. The van der Waals surface area contributed by atoms with Gasteiger partial charge >= 0.3 is 0 Å². The van der Waals surface area contributed by atoms with Gasteiger partial charge in [-0.2, -0.15) is 0 Å². The Hall–Kier alpha value is -2.38. The number of rotatable bonds is 9. The van der Waals surface area contributed by atoms with Crippen LogP contribution in [0.25, 0.3) is 0 Å². The van der Waals surface area contributed by atoms with E-state index in [1.54, 1.807) is 6.07 Å². The Morgan fingerprint density at radius 3 is 2.73 bits per heavy atom. The van der Waals surface area contributed by atoms with Gasteiger partial charge in [0.25, 0.3) is 5.91 Å². The summed E-state index contributed by atoms with van der Waals surface area (Å²) >= 11 is 12.3. The predicted octanol–water partition coefficient (Wildman–Crippen LogP) is 5.65. The molecule has 8 heteroatoms. The van der Waals surface area contributed by atoms with E-state index in [-0.39, 0.29) is 23.7 Å². The zero-order valence-corrected chi connectivity index (χ0v) is 20.0. The van der Waals surface area contributed by atoms with Gasteiger partial charge in [0.2, 0.25) is 5.89 Å². The summed E-state index contributed by atoms with van der Waals surface area (Å²) in [4.78, 5) is 19.1. The highest BCUT2D eigenvalue weighted by Crippen LogP contribution is 2.27. The van der Waals surface area contributed by atoms with Crippen molar-refractivity contribution in [3.63, 3.8) is 0 Å². The molecule has 1 N–H and O–H groups in total. The van der Waals surface area contributed by atoms with Crippen molar-refractivity contribution in [2.75, 3.05) is 13.2 Å². The number of nitrogens with one attached hydrogen (secondary N) is 1. The minimum atomic E-state index is -0.257. The molecule has 0 saturated carbocycles. The largest absolute Gasteiger partial charge is 0.447 e. The van der Waals surface area contributed by atoms with E-state index in [2.05, 4.69) is 34.3 Å². The molecule has 1 saturated heterocycles. The molecule has 4 rings (SSSR count). The van der Waals surface area contributed by atoms with Crippen molar-refractivity contribution in [2.24, 2.45) is 0 Å². The maximum atomic E-state index is 12.5. The number of amides is 1. The second-order valence-corrected chi connectivity index (χ2v) is 9.03. The number of benzene rings is 2. The second kappa shape index (κ2) is 11.2. The lowest BCUT2D eigenvalue weighted by Gasteiger charge is -2.28. The van der Waals surface area contributed by atoms with Gasteiger partial charge in [-0.25, -0.2) is 4.98 Å². The molecule has 1 aliphatic rings. The third-order valence-corrected chi connectivity index (χ3v) is 6.58. The lowest BCUT2D eigenvalue weighted by atomic mass is 10.1. The predicted molar refractivity (Wildman–Crippen MR) is 128 cm³/mol. The van der Waals surface area contributed by atoms with E-state index in [4.69, 9.17) is 32.4 Å². The maximum absolute atomic E-state index is 12.5. The van der Waals surface area contributed by atoms with Crippen molar-refractivity contribution >= 4 is 29.1 Å². The Morgan fingerprint density at radius 2 is 2.00 bits per heavy atom. The molecule has 3 aromatic rings. The van der Waals surface area contributed by atoms with Crippen LogP contribution in [-0.2, 0) is 17.8 Å². The molecular weight excluding hydrogens is 461 g/mol. The number of oxazole rings is 1. The van der Waals surface area contributed by atoms with Crippen molar-refractivity contribution in [3.05, 3.63) is 87.6 Å². The molecule has 1 aliphatic heterocycles. The lowest BCUT2D eigenvalue weighted by molar-refractivity contribution is 0.0853. The summed E-state index contributed by atoms with van der Waals surface area (Å²) in [5.41, 5.74) is 2.46. The Bertz CT molecular complexity index is 1070. The van der Waals surface area contributed by atoms with Crippen LogP contribution in [0.2, 0.25) is 10.0 Å². The molecule has 0 spiro atoms.